The average Bonchev–Trinajstić information content (AvgIpc) is 2.15. The minimum absolute atomic E-state index is 0.164. The normalized spacial score (nSPS) is 13.6. The molecular formula is C11H22NO4+. The predicted octanol–water partition coefficient (Wildman–Crippen LogP) is 0.297. The third-order valence-electron chi connectivity index (χ3n) is 2.39. The van der Waals surface area contributed by atoms with Crippen molar-refractivity contribution in [1.29, 1.82) is 0 Å². The van der Waals surface area contributed by atoms with Gasteiger partial charge >= 0.3 is 11.9 Å². The SMILES string of the molecule is CC(C)C[C@H](OC(=O)C(C)(C)C[NH3+])C(=O)O. The Morgan fingerprint density at radius 1 is 1.38 bits per heavy atom. The number of hydrogen-bond donors (Lipinski definition) is 2. The molecule has 0 saturated heterocycles. The van der Waals surface area contributed by atoms with Crippen molar-refractivity contribution in [3.8, 4) is 0 Å². The van der Waals surface area contributed by atoms with Gasteiger partial charge in [0.2, 0.25) is 0 Å². The summed E-state index contributed by atoms with van der Waals surface area (Å²) < 4.78 is 5.00. The molecule has 0 radical (unpaired) electrons. The predicted molar refractivity (Wildman–Crippen MR) is 58.5 cm³/mol. The Labute approximate surface area is 96.0 Å². The molecule has 16 heavy (non-hydrogen) atoms. The number of esters is 1. The van der Waals surface area contributed by atoms with Crippen molar-refractivity contribution in [2.75, 3.05) is 6.54 Å². The zero-order chi connectivity index (χ0) is 12.9. The number of aliphatic carboxylic acids is 1. The van der Waals surface area contributed by atoms with E-state index < -0.39 is 23.5 Å². The summed E-state index contributed by atoms with van der Waals surface area (Å²) in [5.41, 5.74) is 2.91. The second kappa shape index (κ2) is 5.84. The van der Waals surface area contributed by atoms with Crippen LogP contribution in [0.4, 0.5) is 0 Å². The van der Waals surface area contributed by atoms with E-state index in [9.17, 15) is 9.59 Å². The summed E-state index contributed by atoms with van der Waals surface area (Å²) in [6.45, 7) is 7.53. The van der Waals surface area contributed by atoms with Crippen LogP contribution in [0, 0.1) is 11.3 Å². The molecule has 5 nitrogen and oxygen atoms in total. The zero-order valence-corrected chi connectivity index (χ0v) is 10.4. The molecule has 0 spiro atoms. The summed E-state index contributed by atoms with van der Waals surface area (Å²) in [4.78, 5) is 22.6. The van der Waals surface area contributed by atoms with Gasteiger partial charge in [-0.15, -0.1) is 0 Å². The maximum atomic E-state index is 11.7. The third-order valence-corrected chi connectivity index (χ3v) is 2.39. The minimum Gasteiger partial charge on any atom is -0.479 e. The molecule has 0 fully saturated rings. The van der Waals surface area contributed by atoms with Gasteiger partial charge in [0.1, 0.15) is 5.41 Å². The van der Waals surface area contributed by atoms with Crippen LogP contribution in [0.25, 0.3) is 0 Å². The Bertz CT molecular complexity index is 261. The molecular weight excluding hydrogens is 210 g/mol. The Morgan fingerprint density at radius 2 is 1.88 bits per heavy atom. The second-order valence-electron chi connectivity index (χ2n) is 5.00. The van der Waals surface area contributed by atoms with Gasteiger partial charge in [-0.1, -0.05) is 13.8 Å². The molecule has 0 unspecified atom stereocenters. The van der Waals surface area contributed by atoms with Gasteiger partial charge in [-0.2, -0.15) is 0 Å². The van der Waals surface area contributed by atoms with Crippen LogP contribution >= 0.6 is 0 Å². The molecule has 94 valence electrons. The van der Waals surface area contributed by atoms with Crippen molar-refractivity contribution in [3.05, 3.63) is 0 Å². The van der Waals surface area contributed by atoms with Gasteiger partial charge in [-0.05, 0) is 26.2 Å². The monoisotopic (exact) mass is 232 g/mol. The van der Waals surface area contributed by atoms with Crippen LogP contribution in [0.15, 0.2) is 0 Å². The molecule has 0 bridgehead atoms. The number of carboxylic acids is 1. The number of carbonyl (C=O) groups excluding carboxylic acids is 1. The van der Waals surface area contributed by atoms with Crippen molar-refractivity contribution in [2.24, 2.45) is 11.3 Å². The van der Waals surface area contributed by atoms with E-state index in [1.54, 1.807) is 13.8 Å². The third kappa shape index (κ3) is 4.61. The van der Waals surface area contributed by atoms with Crippen LogP contribution < -0.4 is 5.73 Å². The Hall–Kier alpha value is -1.10. The van der Waals surface area contributed by atoms with E-state index in [1.807, 2.05) is 13.8 Å². The maximum absolute atomic E-state index is 11.7. The molecule has 4 N–H and O–H groups in total. The van der Waals surface area contributed by atoms with Crippen LogP contribution in [-0.4, -0.2) is 29.7 Å². The topological polar surface area (TPSA) is 91.2 Å². The van der Waals surface area contributed by atoms with Crippen molar-refractivity contribution in [2.45, 2.75) is 40.2 Å². The fourth-order valence-corrected chi connectivity index (χ4v) is 1.02. The minimum atomic E-state index is -1.10. The molecule has 1 atom stereocenters. The van der Waals surface area contributed by atoms with Crippen LogP contribution in [0.2, 0.25) is 0 Å². The molecule has 0 heterocycles. The standard InChI is InChI=1S/C11H21NO4/c1-7(2)5-8(9(13)14)16-10(15)11(3,4)6-12/h7-8H,5-6,12H2,1-4H3,(H,13,14)/p+1/t8-/m0/s1. The highest BCUT2D eigenvalue weighted by Crippen LogP contribution is 2.18. The fraction of sp³-hybridized carbons (Fsp3) is 0.818. The summed E-state index contributed by atoms with van der Waals surface area (Å²) >= 11 is 0. The van der Waals surface area contributed by atoms with E-state index in [2.05, 4.69) is 5.73 Å². The highest BCUT2D eigenvalue weighted by atomic mass is 16.6. The first kappa shape index (κ1) is 14.9. The van der Waals surface area contributed by atoms with E-state index in [1.165, 1.54) is 0 Å². The summed E-state index contributed by atoms with van der Waals surface area (Å²) in [5, 5.41) is 8.92. The molecule has 0 aromatic carbocycles. The first-order chi connectivity index (χ1) is 7.20. The average molecular weight is 232 g/mol. The molecule has 0 aromatic rings. The number of carbonyl (C=O) groups is 2. The lowest BCUT2D eigenvalue weighted by Crippen LogP contribution is -2.59. The quantitative estimate of drug-likeness (QED) is 0.644. The molecule has 0 saturated carbocycles. The van der Waals surface area contributed by atoms with E-state index in [-0.39, 0.29) is 5.92 Å². The largest absolute Gasteiger partial charge is 0.479 e. The molecule has 0 amide bonds. The number of quaternary nitrogens is 1. The van der Waals surface area contributed by atoms with Crippen molar-refractivity contribution >= 4 is 11.9 Å². The van der Waals surface area contributed by atoms with Crippen molar-refractivity contribution < 1.29 is 25.2 Å². The smallest absolute Gasteiger partial charge is 0.345 e. The first-order valence-corrected chi connectivity index (χ1v) is 5.44. The van der Waals surface area contributed by atoms with Gasteiger partial charge < -0.3 is 15.6 Å². The van der Waals surface area contributed by atoms with Gasteiger partial charge in [-0.3, -0.25) is 4.79 Å². The Balaban J connectivity index is 4.52. The van der Waals surface area contributed by atoms with Gasteiger partial charge in [0.15, 0.2) is 6.10 Å². The number of ether oxygens (including phenoxy) is 1. The van der Waals surface area contributed by atoms with Crippen LogP contribution in [0.3, 0.4) is 0 Å². The molecule has 0 aliphatic rings. The Morgan fingerprint density at radius 3 is 2.19 bits per heavy atom. The molecule has 0 rings (SSSR count). The second-order valence-corrected chi connectivity index (χ2v) is 5.00. The van der Waals surface area contributed by atoms with Crippen molar-refractivity contribution in [1.82, 2.24) is 0 Å². The van der Waals surface area contributed by atoms with E-state index in [0.717, 1.165) is 0 Å². The lowest BCUT2D eigenvalue weighted by molar-refractivity contribution is -0.386. The molecule has 0 aliphatic heterocycles. The fourth-order valence-electron chi connectivity index (χ4n) is 1.02. The first-order valence-electron chi connectivity index (χ1n) is 5.44. The van der Waals surface area contributed by atoms with Crippen LogP contribution in [0.5, 0.6) is 0 Å². The summed E-state index contributed by atoms with van der Waals surface area (Å²) in [6.07, 6.45) is -0.729. The zero-order valence-electron chi connectivity index (χ0n) is 10.4. The van der Waals surface area contributed by atoms with Crippen molar-refractivity contribution in [3.63, 3.8) is 0 Å². The Kier molecular flexibility index (Phi) is 5.44. The van der Waals surface area contributed by atoms with Gasteiger partial charge in [0.05, 0.1) is 6.54 Å². The summed E-state index contributed by atoms with van der Waals surface area (Å²) in [7, 11) is 0. The van der Waals surface area contributed by atoms with Crippen LogP contribution in [-0.2, 0) is 14.3 Å². The van der Waals surface area contributed by atoms with E-state index >= 15 is 0 Å². The van der Waals surface area contributed by atoms with Gasteiger partial charge in [-0.25, -0.2) is 4.79 Å². The van der Waals surface area contributed by atoms with Gasteiger partial charge in [0.25, 0.3) is 0 Å². The van der Waals surface area contributed by atoms with E-state index in [0.29, 0.717) is 13.0 Å². The molecule has 0 aromatic heterocycles. The lowest BCUT2D eigenvalue weighted by Gasteiger charge is -2.22. The van der Waals surface area contributed by atoms with Gasteiger partial charge in [0, 0.05) is 0 Å². The highest BCUT2D eigenvalue weighted by molar-refractivity contribution is 5.81. The molecule has 0 aliphatic carbocycles. The number of carboxylic acid groups (broad SMARTS) is 1. The maximum Gasteiger partial charge on any atom is 0.345 e. The van der Waals surface area contributed by atoms with E-state index in [4.69, 9.17) is 9.84 Å². The number of rotatable bonds is 6. The summed E-state index contributed by atoms with van der Waals surface area (Å²) in [6, 6.07) is 0. The lowest BCUT2D eigenvalue weighted by atomic mass is 9.94. The van der Waals surface area contributed by atoms with Crippen LogP contribution in [0.1, 0.15) is 34.1 Å². The highest BCUT2D eigenvalue weighted by Gasteiger charge is 2.34. The summed E-state index contributed by atoms with van der Waals surface area (Å²) in [5.74, 6) is -1.44. The molecule has 5 heteroatoms. The number of hydrogen-bond acceptors (Lipinski definition) is 3.